The standard InChI is InChI=1S/C20H30N4O4/c1-17(25)23(8-7-22-9-12-27-13-10-22)15-19-16-24(11-14-28-19)20(26)21-18-5-3-2-4-6-18/h2-6,19H,7-16H2,1H3,(H,21,26)/t19-/m1/s1. The predicted molar refractivity (Wildman–Crippen MR) is 106 cm³/mol. The van der Waals surface area contributed by atoms with Gasteiger partial charge >= 0.3 is 6.03 Å². The molecule has 0 aromatic heterocycles. The topological polar surface area (TPSA) is 74.4 Å². The highest BCUT2D eigenvalue weighted by molar-refractivity contribution is 5.89. The summed E-state index contributed by atoms with van der Waals surface area (Å²) in [6.07, 6.45) is -0.177. The van der Waals surface area contributed by atoms with Crippen LogP contribution in [0.15, 0.2) is 30.3 Å². The molecule has 1 atom stereocenters. The number of carbonyl (C=O) groups is 2. The van der Waals surface area contributed by atoms with Crippen LogP contribution in [0.25, 0.3) is 0 Å². The lowest BCUT2D eigenvalue weighted by molar-refractivity contribution is -0.132. The summed E-state index contributed by atoms with van der Waals surface area (Å²) in [5.41, 5.74) is 0.770. The Morgan fingerprint density at radius 3 is 2.61 bits per heavy atom. The number of morpholine rings is 2. The van der Waals surface area contributed by atoms with Crippen LogP contribution < -0.4 is 5.32 Å². The van der Waals surface area contributed by atoms with E-state index in [2.05, 4.69) is 10.2 Å². The molecule has 8 heteroatoms. The molecule has 0 radical (unpaired) electrons. The van der Waals surface area contributed by atoms with Crippen LogP contribution in [0.4, 0.5) is 10.5 Å². The fourth-order valence-electron chi connectivity index (χ4n) is 3.45. The summed E-state index contributed by atoms with van der Waals surface area (Å²) in [6, 6.07) is 9.27. The van der Waals surface area contributed by atoms with Crippen molar-refractivity contribution >= 4 is 17.6 Å². The van der Waals surface area contributed by atoms with Crippen LogP contribution in [0.5, 0.6) is 0 Å². The number of amides is 3. The molecular weight excluding hydrogens is 360 g/mol. The van der Waals surface area contributed by atoms with Gasteiger partial charge in [-0.25, -0.2) is 4.79 Å². The number of benzene rings is 1. The molecule has 3 rings (SSSR count). The van der Waals surface area contributed by atoms with Crippen LogP contribution in [0.1, 0.15) is 6.92 Å². The molecule has 2 saturated heterocycles. The van der Waals surface area contributed by atoms with Crippen molar-refractivity contribution < 1.29 is 19.1 Å². The van der Waals surface area contributed by atoms with Crippen LogP contribution in [0, 0.1) is 0 Å². The van der Waals surface area contributed by atoms with Crippen molar-refractivity contribution in [2.45, 2.75) is 13.0 Å². The second-order valence-electron chi connectivity index (χ2n) is 7.15. The zero-order chi connectivity index (χ0) is 19.8. The minimum Gasteiger partial charge on any atom is -0.379 e. The van der Waals surface area contributed by atoms with E-state index in [0.717, 1.165) is 38.5 Å². The van der Waals surface area contributed by atoms with E-state index in [-0.39, 0.29) is 18.0 Å². The van der Waals surface area contributed by atoms with E-state index < -0.39 is 0 Å². The third kappa shape index (κ3) is 6.19. The summed E-state index contributed by atoms with van der Waals surface area (Å²) in [5.74, 6) is 0.0303. The van der Waals surface area contributed by atoms with Crippen LogP contribution in [0.3, 0.4) is 0 Å². The van der Waals surface area contributed by atoms with Crippen LogP contribution in [0.2, 0.25) is 0 Å². The lowest BCUT2D eigenvalue weighted by Gasteiger charge is -2.36. The molecule has 1 N–H and O–H groups in total. The number of rotatable bonds is 6. The number of carbonyl (C=O) groups excluding carboxylic acids is 2. The molecule has 0 unspecified atom stereocenters. The van der Waals surface area contributed by atoms with E-state index in [4.69, 9.17) is 9.47 Å². The van der Waals surface area contributed by atoms with E-state index in [1.54, 1.807) is 11.8 Å². The molecule has 154 valence electrons. The SMILES string of the molecule is CC(=O)N(CCN1CCOCC1)C[C@@H]1CN(C(=O)Nc2ccccc2)CCO1. The van der Waals surface area contributed by atoms with Gasteiger partial charge in [-0.15, -0.1) is 0 Å². The molecule has 3 amide bonds. The molecule has 0 bridgehead atoms. The second kappa shape index (κ2) is 10.4. The Balaban J connectivity index is 1.48. The second-order valence-corrected chi connectivity index (χ2v) is 7.15. The monoisotopic (exact) mass is 390 g/mol. The first-order valence-electron chi connectivity index (χ1n) is 9.90. The first-order chi connectivity index (χ1) is 13.6. The van der Waals surface area contributed by atoms with Crippen molar-refractivity contribution in [1.82, 2.24) is 14.7 Å². The van der Waals surface area contributed by atoms with Gasteiger partial charge in [0.1, 0.15) is 0 Å². The zero-order valence-corrected chi connectivity index (χ0v) is 16.5. The lowest BCUT2D eigenvalue weighted by Crippen LogP contribution is -2.52. The van der Waals surface area contributed by atoms with Gasteiger partial charge in [-0.1, -0.05) is 18.2 Å². The molecule has 0 aliphatic carbocycles. The van der Waals surface area contributed by atoms with Crippen LogP contribution in [-0.2, 0) is 14.3 Å². The Morgan fingerprint density at radius 1 is 1.14 bits per heavy atom. The predicted octanol–water partition coefficient (Wildman–Crippen LogP) is 1.10. The van der Waals surface area contributed by atoms with E-state index in [0.29, 0.717) is 32.8 Å². The molecule has 0 saturated carbocycles. The Bertz CT molecular complexity index is 636. The van der Waals surface area contributed by atoms with Crippen molar-refractivity contribution in [3.8, 4) is 0 Å². The molecule has 2 heterocycles. The highest BCUT2D eigenvalue weighted by atomic mass is 16.5. The first-order valence-corrected chi connectivity index (χ1v) is 9.90. The third-order valence-corrected chi connectivity index (χ3v) is 5.11. The number of nitrogens with one attached hydrogen (secondary N) is 1. The van der Waals surface area contributed by atoms with Crippen molar-refractivity contribution in [2.75, 3.05) is 71.0 Å². The quantitative estimate of drug-likeness (QED) is 0.787. The maximum absolute atomic E-state index is 12.5. The largest absolute Gasteiger partial charge is 0.379 e. The summed E-state index contributed by atoms with van der Waals surface area (Å²) in [7, 11) is 0. The fourth-order valence-corrected chi connectivity index (χ4v) is 3.45. The highest BCUT2D eigenvalue weighted by Crippen LogP contribution is 2.12. The number of urea groups is 1. The average Bonchev–Trinajstić information content (AvgIpc) is 2.72. The van der Waals surface area contributed by atoms with Crippen molar-refractivity contribution in [3.63, 3.8) is 0 Å². The van der Waals surface area contributed by atoms with E-state index in [1.165, 1.54) is 0 Å². The van der Waals surface area contributed by atoms with Crippen molar-refractivity contribution in [3.05, 3.63) is 30.3 Å². The lowest BCUT2D eigenvalue weighted by atomic mass is 10.2. The van der Waals surface area contributed by atoms with E-state index >= 15 is 0 Å². The molecule has 2 fully saturated rings. The maximum atomic E-state index is 12.5. The van der Waals surface area contributed by atoms with Gasteiger partial charge in [0.05, 0.1) is 32.5 Å². The van der Waals surface area contributed by atoms with Crippen molar-refractivity contribution in [2.24, 2.45) is 0 Å². The average molecular weight is 390 g/mol. The number of ether oxygens (including phenoxy) is 2. The third-order valence-electron chi connectivity index (χ3n) is 5.11. The Kier molecular flexibility index (Phi) is 7.64. The van der Waals surface area contributed by atoms with Crippen molar-refractivity contribution in [1.29, 1.82) is 0 Å². The minimum absolute atomic E-state index is 0.0303. The number of para-hydroxylation sites is 1. The number of hydrogen-bond acceptors (Lipinski definition) is 5. The summed E-state index contributed by atoms with van der Waals surface area (Å²) in [4.78, 5) is 30.5. The molecule has 28 heavy (non-hydrogen) atoms. The van der Waals surface area contributed by atoms with Gasteiger partial charge in [-0.2, -0.15) is 0 Å². The summed E-state index contributed by atoms with van der Waals surface area (Å²) < 4.78 is 11.2. The highest BCUT2D eigenvalue weighted by Gasteiger charge is 2.27. The van der Waals surface area contributed by atoms with Gasteiger partial charge in [0.15, 0.2) is 0 Å². The summed E-state index contributed by atoms with van der Waals surface area (Å²) in [6.45, 7) is 8.36. The summed E-state index contributed by atoms with van der Waals surface area (Å²) in [5, 5.41) is 2.91. The molecule has 2 aliphatic rings. The van der Waals surface area contributed by atoms with Crippen LogP contribution in [-0.4, -0.2) is 98.4 Å². The molecule has 1 aromatic carbocycles. The van der Waals surface area contributed by atoms with Gasteiger partial charge in [0.2, 0.25) is 5.91 Å². The molecule has 8 nitrogen and oxygen atoms in total. The van der Waals surface area contributed by atoms with Gasteiger partial charge in [-0.3, -0.25) is 9.69 Å². The molecule has 0 spiro atoms. The fraction of sp³-hybridized carbons (Fsp3) is 0.600. The van der Waals surface area contributed by atoms with Crippen LogP contribution >= 0.6 is 0 Å². The van der Waals surface area contributed by atoms with E-state index in [9.17, 15) is 9.59 Å². The van der Waals surface area contributed by atoms with Gasteiger partial charge in [0, 0.05) is 51.9 Å². The van der Waals surface area contributed by atoms with Gasteiger partial charge < -0.3 is 24.6 Å². The number of hydrogen-bond donors (Lipinski definition) is 1. The molecule has 1 aromatic rings. The molecule has 2 aliphatic heterocycles. The molecular formula is C20H30N4O4. The van der Waals surface area contributed by atoms with E-state index in [1.807, 2.05) is 35.2 Å². The van der Waals surface area contributed by atoms with Gasteiger partial charge in [0.25, 0.3) is 0 Å². The zero-order valence-electron chi connectivity index (χ0n) is 16.5. The minimum atomic E-state index is -0.177. The smallest absolute Gasteiger partial charge is 0.322 e. The maximum Gasteiger partial charge on any atom is 0.322 e. The Hall–Kier alpha value is -2.16. The number of nitrogens with zero attached hydrogens (tertiary/aromatic N) is 3. The summed E-state index contributed by atoms with van der Waals surface area (Å²) >= 11 is 0. The van der Waals surface area contributed by atoms with Gasteiger partial charge in [-0.05, 0) is 12.1 Å². The number of anilines is 1. The first kappa shape index (κ1) is 20.6. The Labute approximate surface area is 166 Å². The normalized spacial score (nSPS) is 20.6. The Morgan fingerprint density at radius 2 is 1.89 bits per heavy atom.